The number of carbonyl (C=O) groups is 2. The fourth-order valence-corrected chi connectivity index (χ4v) is 7.21. The van der Waals surface area contributed by atoms with Crippen molar-refractivity contribution in [2.75, 3.05) is 18.5 Å². The van der Waals surface area contributed by atoms with Crippen LogP contribution in [0.4, 0.5) is 5.69 Å². The minimum Gasteiger partial charge on any atom is -0.348 e. The summed E-state index contributed by atoms with van der Waals surface area (Å²) in [6, 6.07) is 34.3. The molecule has 0 aromatic heterocycles. The number of benzene rings is 5. The third-order valence-corrected chi connectivity index (χ3v) is 9.58. The van der Waals surface area contributed by atoms with Gasteiger partial charge in [-0.3, -0.25) is 14.2 Å². The van der Waals surface area contributed by atoms with Crippen molar-refractivity contribution in [1.29, 1.82) is 0 Å². The Bertz CT molecular complexity index is 1840. The van der Waals surface area contributed by atoms with Gasteiger partial charge in [0.1, 0.15) is 0 Å². The van der Waals surface area contributed by atoms with Gasteiger partial charge in [0, 0.05) is 18.3 Å². The van der Waals surface area contributed by atoms with Gasteiger partial charge >= 0.3 is 7.60 Å². The molecular weight excluding hydrogens is 571 g/mol. The highest BCUT2D eigenvalue weighted by molar-refractivity contribution is 7.55. The molecular formula is C36H35N2O5P. The van der Waals surface area contributed by atoms with Gasteiger partial charge in [-0.1, -0.05) is 97.1 Å². The summed E-state index contributed by atoms with van der Waals surface area (Å²) < 4.78 is 25.8. The molecule has 2 amide bonds. The van der Waals surface area contributed by atoms with Crippen LogP contribution < -0.4 is 10.6 Å². The van der Waals surface area contributed by atoms with Crippen LogP contribution in [0.5, 0.6) is 0 Å². The summed E-state index contributed by atoms with van der Waals surface area (Å²) in [6.07, 6.45) is 3.11. The molecule has 7 nitrogen and oxygen atoms in total. The topological polar surface area (TPSA) is 93.7 Å². The molecule has 0 aliphatic heterocycles. The molecule has 0 fully saturated rings. The lowest BCUT2D eigenvalue weighted by Gasteiger charge is -2.27. The highest BCUT2D eigenvalue weighted by Gasteiger charge is 2.43. The molecule has 0 radical (unpaired) electrons. The number of hydrogen-bond donors (Lipinski definition) is 2. The SMILES string of the molecule is CCOP(=O)(OCC)C(C(=O)Nc1cc2ccccc2cc1/C=C/C(=O)NCc1ccccc1)c1cccc2ccccc12. The van der Waals surface area contributed by atoms with Gasteiger partial charge in [-0.2, -0.15) is 0 Å². The number of anilines is 1. The van der Waals surface area contributed by atoms with Crippen LogP contribution in [-0.2, 0) is 29.7 Å². The van der Waals surface area contributed by atoms with Crippen molar-refractivity contribution in [3.8, 4) is 0 Å². The molecule has 0 heterocycles. The lowest BCUT2D eigenvalue weighted by atomic mass is 10.0. The van der Waals surface area contributed by atoms with Gasteiger partial charge in [0.25, 0.3) is 0 Å². The molecule has 8 heteroatoms. The summed E-state index contributed by atoms with van der Waals surface area (Å²) in [4.78, 5) is 27.0. The van der Waals surface area contributed by atoms with E-state index in [0.717, 1.165) is 27.1 Å². The normalized spacial score (nSPS) is 12.4. The zero-order valence-electron chi connectivity index (χ0n) is 24.7. The molecule has 1 atom stereocenters. The van der Waals surface area contributed by atoms with Gasteiger partial charge in [0.2, 0.25) is 11.8 Å². The lowest BCUT2D eigenvalue weighted by molar-refractivity contribution is -0.117. The van der Waals surface area contributed by atoms with Gasteiger partial charge in [0.15, 0.2) is 5.66 Å². The van der Waals surface area contributed by atoms with E-state index < -0.39 is 19.2 Å². The standard InChI is InChI=1S/C36H35N2O5P/c1-3-42-44(41,43-4-2)35(32-20-12-18-27-15-10-11-19-31(27)32)36(40)38-33-24-29-17-9-8-16-28(29)23-30(33)21-22-34(39)37-25-26-13-6-5-7-14-26/h5-24,35H,3-4,25H2,1-2H3,(H,37,39)(H,38,40)/b22-21+. The Balaban J connectivity index is 1.52. The van der Waals surface area contributed by atoms with Crippen molar-refractivity contribution in [2.24, 2.45) is 0 Å². The van der Waals surface area contributed by atoms with Crippen molar-refractivity contribution in [3.63, 3.8) is 0 Å². The van der Waals surface area contributed by atoms with Crippen molar-refractivity contribution in [3.05, 3.63) is 132 Å². The first-order chi connectivity index (χ1) is 21.4. The first kappa shape index (κ1) is 30.9. The average Bonchev–Trinajstić information content (AvgIpc) is 3.03. The Morgan fingerprint density at radius 2 is 1.39 bits per heavy atom. The van der Waals surface area contributed by atoms with E-state index in [1.165, 1.54) is 6.08 Å². The Morgan fingerprint density at radius 1 is 0.773 bits per heavy atom. The zero-order chi connectivity index (χ0) is 30.9. The minimum absolute atomic E-state index is 0.105. The maximum atomic E-state index is 14.3. The predicted molar refractivity (Wildman–Crippen MR) is 177 cm³/mol. The Hall–Kier alpha value is -4.55. The monoisotopic (exact) mass is 606 g/mol. The molecule has 0 aliphatic rings. The van der Waals surface area contributed by atoms with Crippen LogP contribution in [0.2, 0.25) is 0 Å². The van der Waals surface area contributed by atoms with Gasteiger partial charge in [-0.25, -0.2) is 0 Å². The van der Waals surface area contributed by atoms with Crippen LogP contribution in [0.15, 0.2) is 115 Å². The first-order valence-electron chi connectivity index (χ1n) is 14.6. The number of fused-ring (bicyclic) bond motifs is 2. The fourth-order valence-electron chi connectivity index (χ4n) is 5.20. The van der Waals surface area contributed by atoms with Gasteiger partial charge in [0.05, 0.1) is 13.2 Å². The Kier molecular flexibility index (Phi) is 10.0. The molecule has 0 bridgehead atoms. The Labute approximate surface area is 257 Å². The first-order valence-corrected chi connectivity index (χ1v) is 16.2. The van der Waals surface area contributed by atoms with Crippen molar-refractivity contribution >= 4 is 52.7 Å². The molecule has 2 N–H and O–H groups in total. The van der Waals surface area contributed by atoms with E-state index in [-0.39, 0.29) is 19.1 Å². The van der Waals surface area contributed by atoms with Crippen molar-refractivity contribution in [1.82, 2.24) is 5.32 Å². The van der Waals surface area contributed by atoms with E-state index in [0.29, 0.717) is 23.4 Å². The summed E-state index contributed by atoms with van der Waals surface area (Å²) in [5.41, 5.74) is 1.37. The van der Waals surface area contributed by atoms with Gasteiger partial charge in [-0.15, -0.1) is 0 Å². The van der Waals surface area contributed by atoms with Crippen LogP contribution in [0, 0.1) is 0 Å². The van der Waals surface area contributed by atoms with Crippen LogP contribution in [0.25, 0.3) is 27.6 Å². The predicted octanol–water partition coefficient (Wildman–Crippen LogP) is 8.27. The molecule has 0 saturated carbocycles. The number of rotatable bonds is 12. The van der Waals surface area contributed by atoms with Crippen LogP contribution in [0.1, 0.15) is 36.2 Å². The molecule has 1 unspecified atom stereocenters. The van der Waals surface area contributed by atoms with E-state index in [2.05, 4.69) is 10.6 Å². The number of nitrogens with one attached hydrogen (secondary N) is 2. The molecule has 5 aromatic carbocycles. The third-order valence-electron chi connectivity index (χ3n) is 7.20. The third kappa shape index (κ3) is 7.14. The quantitative estimate of drug-likeness (QED) is 0.110. The second kappa shape index (κ2) is 14.3. The van der Waals surface area contributed by atoms with Crippen LogP contribution in [0.3, 0.4) is 0 Å². The Morgan fingerprint density at radius 3 is 2.09 bits per heavy atom. The summed E-state index contributed by atoms with van der Waals surface area (Å²) in [5, 5.41) is 9.42. The smallest absolute Gasteiger partial charge is 0.347 e. The number of amides is 2. The van der Waals surface area contributed by atoms with Crippen molar-refractivity contribution in [2.45, 2.75) is 26.1 Å². The maximum Gasteiger partial charge on any atom is 0.347 e. The molecule has 0 saturated heterocycles. The summed E-state index contributed by atoms with van der Waals surface area (Å²) in [7, 11) is -3.98. The summed E-state index contributed by atoms with van der Waals surface area (Å²) in [6.45, 7) is 4.04. The van der Waals surface area contributed by atoms with E-state index in [1.54, 1.807) is 26.0 Å². The van der Waals surface area contributed by atoms with Crippen LogP contribution >= 0.6 is 7.60 Å². The molecule has 0 spiro atoms. The second-order valence-corrected chi connectivity index (χ2v) is 12.3. The molecule has 5 aromatic rings. The fraction of sp³-hybridized carbons (Fsp3) is 0.167. The minimum atomic E-state index is -3.98. The van der Waals surface area contributed by atoms with Gasteiger partial charge in [-0.05, 0) is 70.3 Å². The lowest BCUT2D eigenvalue weighted by Crippen LogP contribution is -2.24. The maximum absolute atomic E-state index is 14.3. The molecule has 224 valence electrons. The molecule has 44 heavy (non-hydrogen) atoms. The number of carbonyl (C=O) groups excluding carboxylic acids is 2. The largest absolute Gasteiger partial charge is 0.348 e. The zero-order valence-corrected chi connectivity index (χ0v) is 25.6. The number of hydrogen-bond acceptors (Lipinski definition) is 5. The van der Waals surface area contributed by atoms with E-state index in [1.807, 2.05) is 103 Å². The highest BCUT2D eigenvalue weighted by Crippen LogP contribution is 2.62. The summed E-state index contributed by atoms with van der Waals surface area (Å²) in [5.74, 6) is -0.810. The van der Waals surface area contributed by atoms with Crippen molar-refractivity contribution < 1.29 is 23.2 Å². The van der Waals surface area contributed by atoms with E-state index in [9.17, 15) is 14.2 Å². The van der Waals surface area contributed by atoms with Crippen LogP contribution in [-0.4, -0.2) is 25.0 Å². The average molecular weight is 607 g/mol. The van der Waals surface area contributed by atoms with E-state index >= 15 is 0 Å². The van der Waals surface area contributed by atoms with E-state index in [4.69, 9.17) is 9.05 Å². The summed E-state index contributed by atoms with van der Waals surface area (Å²) >= 11 is 0. The molecule has 0 aliphatic carbocycles. The second-order valence-electron chi connectivity index (χ2n) is 10.2. The highest BCUT2D eigenvalue weighted by atomic mass is 31.2. The van der Waals surface area contributed by atoms with Gasteiger partial charge < -0.3 is 19.7 Å². The molecule has 5 rings (SSSR count).